The second-order valence-electron chi connectivity index (χ2n) is 8.87. The molecular formula is C26H24N8. The molecule has 0 aliphatic carbocycles. The Morgan fingerprint density at radius 2 is 1.85 bits per heavy atom. The van der Waals surface area contributed by atoms with Gasteiger partial charge in [0.25, 0.3) is 0 Å². The molecule has 0 amide bonds. The fraction of sp³-hybridized carbons (Fsp3) is 0.154. The predicted octanol–water partition coefficient (Wildman–Crippen LogP) is 4.93. The van der Waals surface area contributed by atoms with Crippen LogP contribution in [-0.2, 0) is 6.54 Å². The molecule has 0 saturated heterocycles. The number of nitrogens with one attached hydrogen (secondary N) is 3. The number of benzene rings is 1. The molecule has 5 aromatic heterocycles. The number of pyridine rings is 2. The van der Waals surface area contributed by atoms with Crippen molar-refractivity contribution in [2.24, 2.45) is 0 Å². The minimum atomic E-state index is 0.651. The molecule has 0 unspecified atom stereocenters. The summed E-state index contributed by atoms with van der Waals surface area (Å²) in [5.41, 5.74) is 9.83. The third-order valence-electron chi connectivity index (χ3n) is 5.92. The van der Waals surface area contributed by atoms with E-state index >= 15 is 0 Å². The summed E-state index contributed by atoms with van der Waals surface area (Å²) in [6, 6.07) is 12.6. The monoisotopic (exact) mass is 448 g/mol. The van der Waals surface area contributed by atoms with Crippen LogP contribution in [0.4, 0.5) is 0 Å². The van der Waals surface area contributed by atoms with Gasteiger partial charge in [0.1, 0.15) is 5.69 Å². The number of nitrogens with zero attached hydrogens (tertiary/aromatic N) is 5. The van der Waals surface area contributed by atoms with Crippen molar-refractivity contribution in [3.05, 3.63) is 72.4 Å². The molecule has 6 rings (SSSR count). The summed E-state index contributed by atoms with van der Waals surface area (Å²) >= 11 is 0. The first-order valence-electron chi connectivity index (χ1n) is 11.1. The van der Waals surface area contributed by atoms with Crippen LogP contribution >= 0.6 is 0 Å². The number of aryl methyl sites for hydroxylation is 1. The SMILES string of the molecule is Cc1cc(-c2cccc3[nH]c(-c4[nH]nc5ncc(-c6cncc(CN(C)C)c6)cc45)nc23)c[nH]1. The zero-order valence-electron chi connectivity index (χ0n) is 19.2. The second kappa shape index (κ2) is 7.93. The van der Waals surface area contributed by atoms with Crippen molar-refractivity contribution in [3.63, 3.8) is 0 Å². The lowest BCUT2D eigenvalue weighted by atomic mass is 10.1. The molecule has 34 heavy (non-hydrogen) atoms. The van der Waals surface area contributed by atoms with Crippen LogP contribution in [0.5, 0.6) is 0 Å². The van der Waals surface area contributed by atoms with E-state index in [9.17, 15) is 0 Å². The maximum absolute atomic E-state index is 4.95. The van der Waals surface area contributed by atoms with E-state index in [1.165, 1.54) is 0 Å². The van der Waals surface area contributed by atoms with E-state index in [0.29, 0.717) is 5.65 Å². The van der Waals surface area contributed by atoms with Crippen LogP contribution in [-0.4, -0.2) is 54.1 Å². The number of hydrogen-bond acceptors (Lipinski definition) is 5. The number of aromatic amines is 3. The normalized spacial score (nSPS) is 11.8. The number of imidazole rings is 1. The molecule has 0 fully saturated rings. The van der Waals surface area contributed by atoms with Crippen LogP contribution in [0.2, 0.25) is 0 Å². The van der Waals surface area contributed by atoms with Gasteiger partial charge >= 0.3 is 0 Å². The van der Waals surface area contributed by atoms with Gasteiger partial charge in [-0.05, 0) is 50.8 Å². The molecule has 0 aliphatic heterocycles. The second-order valence-corrected chi connectivity index (χ2v) is 8.87. The Hall–Kier alpha value is -4.30. The maximum Gasteiger partial charge on any atom is 0.181 e. The summed E-state index contributed by atoms with van der Waals surface area (Å²) in [7, 11) is 4.10. The molecule has 3 N–H and O–H groups in total. The zero-order valence-corrected chi connectivity index (χ0v) is 19.2. The summed E-state index contributed by atoms with van der Waals surface area (Å²) in [6.45, 7) is 2.88. The highest BCUT2D eigenvalue weighted by molar-refractivity contribution is 5.97. The Morgan fingerprint density at radius 1 is 0.971 bits per heavy atom. The van der Waals surface area contributed by atoms with Crippen molar-refractivity contribution in [2.45, 2.75) is 13.5 Å². The van der Waals surface area contributed by atoms with Gasteiger partial charge < -0.3 is 14.9 Å². The quantitative estimate of drug-likeness (QED) is 0.347. The topological polar surface area (TPSA) is 102 Å². The van der Waals surface area contributed by atoms with Crippen molar-refractivity contribution in [1.29, 1.82) is 0 Å². The summed E-state index contributed by atoms with van der Waals surface area (Å²) in [5, 5.41) is 8.46. The van der Waals surface area contributed by atoms with Gasteiger partial charge in [-0.25, -0.2) is 9.97 Å². The molecule has 0 saturated carbocycles. The Bertz CT molecular complexity index is 1640. The third-order valence-corrected chi connectivity index (χ3v) is 5.92. The highest BCUT2D eigenvalue weighted by atomic mass is 15.2. The van der Waals surface area contributed by atoms with E-state index in [1.807, 2.05) is 57.9 Å². The zero-order chi connectivity index (χ0) is 23.2. The Labute approximate surface area is 196 Å². The summed E-state index contributed by atoms with van der Waals surface area (Å²) < 4.78 is 0. The van der Waals surface area contributed by atoms with E-state index < -0.39 is 0 Å². The average Bonchev–Trinajstić information content (AvgIpc) is 3.55. The fourth-order valence-corrected chi connectivity index (χ4v) is 4.38. The van der Waals surface area contributed by atoms with Crippen molar-refractivity contribution < 1.29 is 0 Å². The Balaban J connectivity index is 1.45. The number of H-pyrrole nitrogens is 3. The third kappa shape index (κ3) is 3.54. The minimum absolute atomic E-state index is 0.651. The lowest BCUT2D eigenvalue weighted by Crippen LogP contribution is -2.10. The molecule has 0 radical (unpaired) electrons. The van der Waals surface area contributed by atoms with Gasteiger partial charge in [0.2, 0.25) is 0 Å². The first-order chi connectivity index (χ1) is 16.5. The smallest absolute Gasteiger partial charge is 0.181 e. The molecule has 6 aromatic rings. The van der Waals surface area contributed by atoms with Crippen LogP contribution in [0.1, 0.15) is 11.3 Å². The molecule has 0 bridgehead atoms. The number of para-hydroxylation sites is 1. The van der Waals surface area contributed by atoms with Gasteiger partial charge in [-0.2, -0.15) is 5.10 Å². The largest absolute Gasteiger partial charge is 0.365 e. The van der Waals surface area contributed by atoms with Crippen molar-refractivity contribution >= 4 is 22.1 Å². The Kier molecular flexibility index (Phi) is 4.74. The van der Waals surface area contributed by atoms with Gasteiger partial charge in [-0.1, -0.05) is 12.1 Å². The predicted molar refractivity (Wildman–Crippen MR) is 134 cm³/mol. The number of rotatable bonds is 5. The van der Waals surface area contributed by atoms with E-state index in [2.05, 4.69) is 59.3 Å². The van der Waals surface area contributed by atoms with Gasteiger partial charge in [0, 0.05) is 59.3 Å². The molecule has 1 aromatic carbocycles. The van der Waals surface area contributed by atoms with Crippen molar-refractivity contribution in [3.8, 4) is 33.8 Å². The fourth-order valence-electron chi connectivity index (χ4n) is 4.38. The average molecular weight is 449 g/mol. The molecule has 8 nitrogen and oxygen atoms in total. The minimum Gasteiger partial charge on any atom is -0.365 e. The van der Waals surface area contributed by atoms with Crippen LogP contribution in [0, 0.1) is 6.92 Å². The molecule has 8 heteroatoms. The Morgan fingerprint density at radius 3 is 2.68 bits per heavy atom. The van der Waals surface area contributed by atoms with Crippen molar-refractivity contribution in [2.75, 3.05) is 14.1 Å². The van der Waals surface area contributed by atoms with Crippen LogP contribution in [0.15, 0.2) is 61.2 Å². The van der Waals surface area contributed by atoms with Crippen LogP contribution in [0.25, 0.3) is 55.8 Å². The highest BCUT2D eigenvalue weighted by Crippen LogP contribution is 2.32. The van der Waals surface area contributed by atoms with E-state index in [0.717, 1.165) is 68.0 Å². The van der Waals surface area contributed by atoms with Crippen molar-refractivity contribution in [1.82, 2.24) is 40.0 Å². The molecular weight excluding hydrogens is 424 g/mol. The highest BCUT2D eigenvalue weighted by Gasteiger charge is 2.16. The lowest BCUT2D eigenvalue weighted by Gasteiger charge is -2.10. The lowest BCUT2D eigenvalue weighted by molar-refractivity contribution is 0.402. The standard InChI is InChI=1S/C26H24N8/c1-15-7-19(13-28-15)20-5-4-6-22-23(20)31-26(30-22)24-21-9-18(12-29-25(21)33-32-24)17-8-16(10-27-11-17)14-34(2)3/h4-13,28H,14H2,1-3H3,(H,30,31)(H,29,32,33). The number of fused-ring (bicyclic) bond motifs is 2. The molecule has 0 aliphatic rings. The van der Waals surface area contributed by atoms with Crippen LogP contribution in [0.3, 0.4) is 0 Å². The van der Waals surface area contributed by atoms with Gasteiger partial charge in [-0.3, -0.25) is 10.1 Å². The summed E-state index contributed by atoms with van der Waals surface area (Å²) in [4.78, 5) is 22.8. The van der Waals surface area contributed by atoms with E-state index in [-0.39, 0.29) is 0 Å². The van der Waals surface area contributed by atoms with Gasteiger partial charge in [0.15, 0.2) is 11.5 Å². The van der Waals surface area contributed by atoms with E-state index in [1.54, 1.807) is 0 Å². The van der Waals surface area contributed by atoms with Gasteiger partial charge in [-0.15, -0.1) is 0 Å². The maximum atomic E-state index is 4.95. The first-order valence-corrected chi connectivity index (χ1v) is 11.1. The number of hydrogen-bond donors (Lipinski definition) is 3. The molecule has 0 spiro atoms. The molecule has 5 heterocycles. The summed E-state index contributed by atoms with van der Waals surface area (Å²) in [6.07, 6.45) is 7.62. The molecule has 168 valence electrons. The van der Waals surface area contributed by atoms with Gasteiger partial charge in [0.05, 0.1) is 16.4 Å². The van der Waals surface area contributed by atoms with Crippen LogP contribution < -0.4 is 0 Å². The molecule has 0 atom stereocenters. The summed E-state index contributed by atoms with van der Waals surface area (Å²) in [5.74, 6) is 0.732. The first kappa shape index (κ1) is 20.3. The number of aromatic nitrogens is 7. The van der Waals surface area contributed by atoms with E-state index in [4.69, 9.17) is 4.98 Å².